The van der Waals surface area contributed by atoms with Crippen LogP contribution in [-0.4, -0.2) is 35.9 Å². The Morgan fingerprint density at radius 3 is 2.62 bits per heavy atom. The monoisotopic (exact) mass is 393 g/mol. The average molecular weight is 393 g/mol. The molecule has 1 aromatic heterocycles. The van der Waals surface area contributed by atoms with Crippen molar-refractivity contribution >= 4 is 34.4 Å². The summed E-state index contributed by atoms with van der Waals surface area (Å²) in [5.41, 5.74) is 4.48. The maximum Gasteiger partial charge on any atom is 0.310 e. The Bertz CT molecular complexity index is 1060. The number of esters is 1. The zero-order chi connectivity index (χ0) is 20.8. The van der Waals surface area contributed by atoms with Crippen molar-refractivity contribution in [2.45, 2.75) is 20.3 Å². The number of aromatic nitrogens is 1. The molecular weight excluding hydrogens is 370 g/mol. The minimum atomic E-state index is -0.534. The molecule has 0 aliphatic heterocycles. The van der Waals surface area contributed by atoms with Gasteiger partial charge in [0.2, 0.25) is 5.91 Å². The topological polar surface area (TPSA) is 100 Å². The predicted octanol–water partition coefficient (Wildman–Crippen LogP) is 2.63. The van der Waals surface area contributed by atoms with Crippen molar-refractivity contribution in [2.24, 2.45) is 0 Å². The van der Waals surface area contributed by atoms with E-state index < -0.39 is 18.5 Å². The largest absolute Gasteiger partial charge is 0.455 e. The number of ether oxygens (including phenoxy) is 1. The van der Waals surface area contributed by atoms with Gasteiger partial charge in [-0.2, -0.15) is 0 Å². The van der Waals surface area contributed by atoms with E-state index in [1.807, 2.05) is 50.2 Å². The number of hydrogen-bond donors (Lipinski definition) is 3. The van der Waals surface area contributed by atoms with Crippen molar-refractivity contribution in [3.8, 4) is 0 Å². The molecule has 3 rings (SSSR count). The number of nitrogens with one attached hydrogen (secondary N) is 3. The number of fused-ring (bicyclic) bond motifs is 1. The third-order valence-electron chi connectivity index (χ3n) is 4.70. The van der Waals surface area contributed by atoms with Gasteiger partial charge < -0.3 is 20.4 Å². The number of hydrogen-bond acceptors (Lipinski definition) is 4. The molecule has 0 fully saturated rings. The van der Waals surface area contributed by atoms with Gasteiger partial charge in [0.25, 0.3) is 5.91 Å². The van der Waals surface area contributed by atoms with Crippen molar-refractivity contribution in [1.82, 2.24) is 10.3 Å². The number of para-hydroxylation sites is 1. The van der Waals surface area contributed by atoms with Crippen LogP contribution >= 0.6 is 0 Å². The Labute approximate surface area is 168 Å². The molecule has 0 saturated carbocycles. The summed E-state index contributed by atoms with van der Waals surface area (Å²) >= 11 is 0. The highest BCUT2D eigenvalue weighted by molar-refractivity contribution is 5.95. The van der Waals surface area contributed by atoms with E-state index in [0.717, 1.165) is 27.6 Å². The standard InChI is InChI=1S/C22H23N3O4/c1-14-6-5-9-18(15(14)2)25-20(26)12-24-21(27)13-29-22(28)10-16-11-23-19-8-4-3-7-17(16)19/h3-9,11,23H,10,12-13H2,1-2H3,(H,24,27)(H,25,26). The quantitative estimate of drug-likeness (QED) is 0.537. The maximum atomic E-state index is 12.0. The van der Waals surface area contributed by atoms with E-state index in [0.29, 0.717) is 5.69 Å². The van der Waals surface area contributed by atoms with Crippen LogP contribution in [0.4, 0.5) is 5.69 Å². The summed E-state index contributed by atoms with van der Waals surface area (Å²) in [5.74, 6) is -1.39. The SMILES string of the molecule is Cc1cccc(NC(=O)CNC(=O)COC(=O)Cc2c[nH]c3ccccc23)c1C. The Hall–Kier alpha value is -3.61. The number of rotatable bonds is 7. The van der Waals surface area contributed by atoms with E-state index in [9.17, 15) is 14.4 Å². The lowest BCUT2D eigenvalue weighted by molar-refractivity contribution is -0.147. The number of amides is 2. The van der Waals surface area contributed by atoms with E-state index in [1.165, 1.54) is 0 Å². The molecule has 29 heavy (non-hydrogen) atoms. The van der Waals surface area contributed by atoms with Crippen LogP contribution in [0, 0.1) is 13.8 Å². The van der Waals surface area contributed by atoms with Crippen molar-refractivity contribution in [2.75, 3.05) is 18.5 Å². The second-order valence-corrected chi connectivity index (χ2v) is 6.77. The fraction of sp³-hybridized carbons (Fsp3) is 0.227. The summed E-state index contributed by atoms with van der Waals surface area (Å²) in [6.45, 7) is 3.23. The number of carbonyl (C=O) groups is 3. The summed E-state index contributed by atoms with van der Waals surface area (Å²) in [5, 5.41) is 6.14. The first-order valence-electron chi connectivity index (χ1n) is 9.27. The second-order valence-electron chi connectivity index (χ2n) is 6.77. The first-order valence-corrected chi connectivity index (χ1v) is 9.27. The molecular formula is C22H23N3O4. The molecule has 0 aliphatic carbocycles. The lowest BCUT2D eigenvalue weighted by Gasteiger charge is -2.11. The van der Waals surface area contributed by atoms with Gasteiger partial charge in [0.1, 0.15) is 0 Å². The Morgan fingerprint density at radius 1 is 1.00 bits per heavy atom. The third-order valence-corrected chi connectivity index (χ3v) is 4.70. The van der Waals surface area contributed by atoms with Crippen LogP contribution in [0.25, 0.3) is 10.9 Å². The molecule has 0 saturated heterocycles. The van der Waals surface area contributed by atoms with Gasteiger partial charge >= 0.3 is 5.97 Å². The zero-order valence-corrected chi connectivity index (χ0v) is 16.4. The molecule has 0 aliphatic rings. The maximum absolute atomic E-state index is 12.0. The molecule has 7 heteroatoms. The number of benzene rings is 2. The molecule has 0 atom stereocenters. The molecule has 0 radical (unpaired) electrons. The summed E-state index contributed by atoms with van der Waals surface area (Å²) in [6, 6.07) is 13.2. The minimum absolute atomic E-state index is 0.0599. The van der Waals surface area contributed by atoms with Crippen LogP contribution in [0.5, 0.6) is 0 Å². The van der Waals surface area contributed by atoms with Gasteiger partial charge in [-0.25, -0.2) is 0 Å². The Morgan fingerprint density at radius 2 is 1.79 bits per heavy atom. The van der Waals surface area contributed by atoms with Crippen molar-refractivity contribution < 1.29 is 19.1 Å². The second kappa shape index (κ2) is 9.05. The summed E-state index contributed by atoms with van der Waals surface area (Å²) in [4.78, 5) is 39.0. The molecule has 3 aromatic rings. The van der Waals surface area contributed by atoms with E-state index in [1.54, 1.807) is 12.3 Å². The van der Waals surface area contributed by atoms with Crippen LogP contribution in [0.1, 0.15) is 16.7 Å². The number of aromatic amines is 1. The Kier molecular flexibility index (Phi) is 6.29. The van der Waals surface area contributed by atoms with Crippen molar-refractivity contribution in [3.05, 3.63) is 65.4 Å². The minimum Gasteiger partial charge on any atom is -0.455 e. The molecule has 2 amide bonds. The molecule has 0 unspecified atom stereocenters. The van der Waals surface area contributed by atoms with Gasteiger partial charge in [-0.3, -0.25) is 14.4 Å². The molecule has 7 nitrogen and oxygen atoms in total. The van der Waals surface area contributed by atoms with Gasteiger partial charge in [-0.05, 0) is 42.7 Å². The average Bonchev–Trinajstić information content (AvgIpc) is 3.11. The van der Waals surface area contributed by atoms with E-state index in [-0.39, 0.29) is 18.9 Å². The van der Waals surface area contributed by atoms with Crippen LogP contribution in [0.3, 0.4) is 0 Å². The van der Waals surface area contributed by atoms with Gasteiger partial charge in [0, 0.05) is 22.8 Å². The number of anilines is 1. The van der Waals surface area contributed by atoms with E-state index in [4.69, 9.17) is 4.74 Å². The summed E-state index contributed by atoms with van der Waals surface area (Å²) < 4.78 is 5.01. The molecule has 150 valence electrons. The lowest BCUT2D eigenvalue weighted by atomic mass is 10.1. The first kappa shape index (κ1) is 20.1. The molecule has 2 aromatic carbocycles. The number of carbonyl (C=O) groups excluding carboxylic acids is 3. The van der Waals surface area contributed by atoms with Crippen molar-refractivity contribution in [1.29, 1.82) is 0 Å². The molecule has 3 N–H and O–H groups in total. The van der Waals surface area contributed by atoms with E-state index in [2.05, 4.69) is 15.6 Å². The van der Waals surface area contributed by atoms with Gasteiger partial charge in [0.15, 0.2) is 6.61 Å². The fourth-order valence-electron chi connectivity index (χ4n) is 2.94. The Balaban J connectivity index is 1.42. The highest BCUT2D eigenvalue weighted by Gasteiger charge is 2.13. The van der Waals surface area contributed by atoms with Gasteiger partial charge in [-0.1, -0.05) is 30.3 Å². The summed E-state index contributed by atoms with van der Waals surface area (Å²) in [7, 11) is 0. The van der Waals surface area contributed by atoms with Crippen LogP contribution in [-0.2, 0) is 25.5 Å². The van der Waals surface area contributed by atoms with Crippen LogP contribution < -0.4 is 10.6 Å². The number of aryl methyl sites for hydroxylation is 1. The predicted molar refractivity (Wildman–Crippen MR) is 111 cm³/mol. The highest BCUT2D eigenvalue weighted by Crippen LogP contribution is 2.19. The first-order chi connectivity index (χ1) is 13.9. The third kappa shape index (κ3) is 5.22. The number of H-pyrrole nitrogens is 1. The van der Waals surface area contributed by atoms with Gasteiger partial charge in [0.05, 0.1) is 13.0 Å². The normalized spacial score (nSPS) is 10.6. The van der Waals surface area contributed by atoms with Crippen LogP contribution in [0.15, 0.2) is 48.7 Å². The van der Waals surface area contributed by atoms with Crippen molar-refractivity contribution in [3.63, 3.8) is 0 Å². The lowest BCUT2D eigenvalue weighted by Crippen LogP contribution is -2.35. The molecule has 0 bridgehead atoms. The fourth-order valence-corrected chi connectivity index (χ4v) is 2.94. The summed E-state index contributed by atoms with van der Waals surface area (Å²) in [6.07, 6.45) is 1.81. The smallest absolute Gasteiger partial charge is 0.310 e. The zero-order valence-electron chi connectivity index (χ0n) is 16.4. The molecule has 1 heterocycles. The molecule has 0 spiro atoms. The van der Waals surface area contributed by atoms with E-state index >= 15 is 0 Å². The highest BCUT2D eigenvalue weighted by atomic mass is 16.5. The van der Waals surface area contributed by atoms with Crippen LogP contribution in [0.2, 0.25) is 0 Å². The van der Waals surface area contributed by atoms with Gasteiger partial charge in [-0.15, -0.1) is 0 Å².